The van der Waals surface area contributed by atoms with Gasteiger partial charge in [0.25, 0.3) is 0 Å². The minimum Gasteiger partial charge on any atom is -0.455 e. The molecule has 14 aromatic rings. The summed E-state index contributed by atoms with van der Waals surface area (Å²) < 4.78 is 7.25. The van der Waals surface area contributed by atoms with Crippen molar-refractivity contribution in [2.45, 2.75) is 0 Å². The van der Waals surface area contributed by atoms with Crippen LogP contribution in [0.5, 0.6) is 0 Å². The van der Waals surface area contributed by atoms with Gasteiger partial charge in [0.15, 0.2) is 0 Å². The highest BCUT2D eigenvalue weighted by Crippen LogP contribution is 2.48. The Balaban J connectivity index is 1.01. The fourth-order valence-corrected chi connectivity index (χ4v) is 11.1. The van der Waals surface area contributed by atoms with Gasteiger partial charge in [0, 0.05) is 55.8 Å². The Morgan fingerprint density at radius 1 is 0.219 bits per heavy atom. The first kappa shape index (κ1) is 42.2. The molecule has 1 aromatic heterocycles. The molecule has 0 unspecified atom stereocenters. The molecule has 0 radical (unpaired) electrons. The van der Waals surface area contributed by atoms with Crippen molar-refractivity contribution in [1.82, 2.24) is 0 Å². The molecule has 0 atom stereocenters. The molecule has 0 saturated heterocycles. The maximum absolute atomic E-state index is 7.25. The predicted molar refractivity (Wildman–Crippen MR) is 309 cm³/mol. The molecule has 3 nitrogen and oxygen atoms in total. The van der Waals surface area contributed by atoms with Crippen LogP contribution < -0.4 is 9.80 Å². The second kappa shape index (κ2) is 17.6. The highest BCUT2D eigenvalue weighted by molar-refractivity contribution is 6.31. The summed E-state index contributed by atoms with van der Waals surface area (Å²) in [6.45, 7) is 0. The lowest BCUT2D eigenvalue weighted by Gasteiger charge is -2.30. The number of furan rings is 1. The summed E-state index contributed by atoms with van der Waals surface area (Å²) in [6.07, 6.45) is 0. The Kier molecular flexibility index (Phi) is 10.2. The molecule has 1 heterocycles. The number of nitrogens with zero attached hydrogens (tertiary/aromatic N) is 2. The van der Waals surface area contributed by atoms with E-state index in [4.69, 9.17) is 4.42 Å². The van der Waals surface area contributed by atoms with Crippen molar-refractivity contribution in [1.29, 1.82) is 0 Å². The number of para-hydroxylation sites is 3. The fourth-order valence-electron chi connectivity index (χ4n) is 11.1. The smallest absolute Gasteiger partial charge is 0.143 e. The first-order chi connectivity index (χ1) is 36.2. The fraction of sp³-hybridized carbons (Fsp3) is 0. The van der Waals surface area contributed by atoms with Gasteiger partial charge in [-0.2, -0.15) is 0 Å². The van der Waals surface area contributed by atoms with Gasteiger partial charge in [0.05, 0.1) is 0 Å². The molecule has 0 saturated carbocycles. The average Bonchev–Trinajstić information content (AvgIpc) is 3.87. The second-order valence-electron chi connectivity index (χ2n) is 18.9. The zero-order valence-corrected chi connectivity index (χ0v) is 39.9. The molecule has 0 N–H and O–H groups in total. The standard InChI is InChI=1S/C70H46N2O/c1-5-18-47(19-6-1)49-32-34-53-42-58(38-36-51(53)40-49)71(56-22-9-3-10-23-56)60-44-55(62-30-17-31-67-68-65-28-15-13-26-63(65)64-27-14-16-29-66(64)70(68)73-69(62)67)45-61(46-60)72(57-24-11-4-12-25-57)59-39-37-52-41-50(33-35-54(52)43-59)48-20-7-2-8-21-48/h1-46H. The van der Waals surface area contributed by atoms with Gasteiger partial charge in [-0.1, -0.05) is 200 Å². The van der Waals surface area contributed by atoms with Gasteiger partial charge < -0.3 is 14.2 Å². The lowest BCUT2D eigenvalue weighted by atomic mass is 9.95. The van der Waals surface area contributed by atoms with Crippen molar-refractivity contribution in [3.8, 4) is 33.4 Å². The Morgan fingerprint density at radius 2 is 0.644 bits per heavy atom. The van der Waals surface area contributed by atoms with Crippen LogP contribution in [0.1, 0.15) is 0 Å². The van der Waals surface area contributed by atoms with Crippen LogP contribution in [-0.4, -0.2) is 0 Å². The maximum Gasteiger partial charge on any atom is 0.143 e. The van der Waals surface area contributed by atoms with E-state index in [9.17, 15) is 0 Å². The summed E-state index contributed by atoms with van der Waals surface area (Å²) in [5, 5.41) is 11.6. The molecule has 0 bridgehead atoms. The van der Waals surface area contributed by atoms with Crippen molar-refractivity contribution in [2.24, 2.45) is 0 Å². The van der Waals surface area contributed by atoms with Crippen LogP contribution in [0.25, 0.3) is 98.4 Å². The minimum atomic E-state index is 0.861. The van der Waals surface area contributed by atoms with E-state index in [1.54, 1.807) is 0 Å². The SMILES string of the molecule is c1ccc(-c2ccc3cc(N(c4ccccc4)c4cc(-c5cccc6c5oc5c7ccccc7c7ccccc7c65)cc(N(c5ccccc5)c5ccc6cc(-c7ccccc7)ccc6c5)c4)ccc3c2)cc1. The van der Waals surface area contributed by atoms with Crippen molar-refractivity contribution >= 4 is 99.2 Å². The summed E-state index contributed by atoms with van der Waals surface area (Å²) in [5.41, 5.74) is 14.9. The maximum atomic E-state index is 7.25. The number of anilines is 6. The molecule has 3 heteroatoms. The topological polar surface area (TPSA) is 19.6 Å². The van der Waals surface area contributed by atoms with Gasteiger partial charge in [-0.25, -0.2) is 0 Å². The number of hydrogen-bond donors (Lipinski definition) is 0. The number of fused-ring (bicyclic) bond motifs is 10. The summed E-state index contributed by atoms with van der Waals surface area (Å²) in [5.74, 6) is 0. The molecule has 0 fully saturated rings. The van der Waals surface area contributed by atoms with Gasteiger partial charge in [0.1, 0.15) is 11.2 Å². The Hall–Kier alpha value is -9.70. The van der Waals surface area contributed by atoms with Crippen molar-refractivity contribution in [3.05, 3.63) is 279 Å². The summed E-state index contributed by atoms with van der Waals surface area (Å²) in [6, 6.07) is 101. The van der Waals surface area contributed by atoms with Crippen LogP contribution >= 0.6 is 0 Å². The zero-order valence-electron chi connectivity index (χ0n) is 39.9. The van der Waals surface area contributed by atoms with Crippen LogP contribution in [0.3, 0.4) is 0 Å². The third-order valence-electron chi connectivity index (χ3n) is 14.5. The molecular weight excluding hydrogens is 885 g/mol. The average molecular weight is 931 g/mol. The van der Waals surface area contributed by atoms with Gasteiger partial charge in [0.2, 0.25) is 0 Å². The summed E-state index contributed by atoms with van der Waals surface area (Å²) in [4.78, 5) is 4.79. The monoisotopic (exact) mass is 930 g/mol. The van der Waals surface area contributed by atoms with E-state index >= 15 is 0 Å². The second-order valence-corrected chi connectivity index (χ2v) is 18.9. The van der Waals surface area contributed by atoms with Crippen molar-refractivity contribution < 1.29 is 4.42 Å². The normalized spacial score (nSPS) is 11.6. The lowest BCUT2D eigenvalue weighted by molar-refractivity contribution is 0.674. The lowest BCUT2D eigenvalue weighted by Crippen LogP contribution is -2.13. The highest BCUT2D eigenvalue weighted by atomic mass is 16.3. The molecular formula is C70H46N2O. The van der Waals surface area contributed by atoms with Gasteiger partial charge in [-0.15, -0.1) is 0 Å². The van der Waals surface area contributed by atoms with E-state index < -0.39 is 0 Å². The molecule has 14 rings (SSSR count). The molecule has 0 aliphatic heterocycles. The number of hydrogen-bond acceptors (Lipinski definition) is 3. The van der Waals surface area contributed by atoms with Gasteiger partial charge in [-0.05, 0) is 144 Å². The summed E-state index contributed by atoms with van der Waals surface area (Å²) >= 11 is 0. The van der Waals surface area contributed by atoms with E-state index in [1.165, 1.54) is 60.0 Å². The third-order valence-corrected chi connectivity index (χ3v) is 14.5. The van der Waals surface area contributed by atoms with Crippen LogP contribution in [0, 0.1) is 0 Å². The Labute approximate surface area is 423 Å². The van der Waals surface area contributed by atoms with Gasteiger partial charge in [-0.3, -0.25) is 0 Å². The highest BCUT2D eigenvalue weighted by Gasteiger charge is 2.23. The molecule has 0 aliphatic carbocycles. The van der Waals surface area contributed by atoms with E-state index in [0.717, 1.165) is 72.6 Å². The number of rotatable bonds is 9. The Bertz CT molecular complexity index is 4190. The van der Waals surface area contributed by atoms with Crippen LogP contribution in [0.4, 0.5) is 34.1 Å². The molecule has 13 aromatic carbocycles. The minimum absolute atomic E-state index is 0.861. The van der Waals surface area contributed by atoms with Crippen LogP contribution in [0.15, 0.2) is 283 Å². The quantitative estimate of drug-likeness (QED) is 0.135. The first-order valence-corrected chi connectivity index (χ1v) is 25.0. The molecule has 0 spiro atoms. The third kappa shape index (κ3) is 7.46. The van der Waals surface area contributed by atoms with E-state index in [0.29, 0.717) is 0 Å². The molecule has 0 amide bonds. The van der Waals surface area contributed by atoms with Crippen molar-refractivity contribution in [2.75, 3.05) is 9.80 Å². The largest absolute Gasteiger partial charge is 0.455 e. The Morgan fingerprint density at radius 3 is 1.18 bits per heavy atom. The van der Waals surface area contributed by atoms with Gasteiger partial charge >= 0.3 is 0 Å². The van der Waals surface area contributed by atoms with E-state index in [-0.39, 0.29) is 0 Å². The number of benzene rings is 13. The van der Waals surface area contributed by atoms with Crippen molar-refractivity contribution in [3.63, 3.8) is 0 Å². The van der Waals surface area contributed by atoms with Crippen LogP contribution in [0.2, 0.25) is 0 Å². The first-order valence-electron chi connectivity index (χ1n) is 25.0. The van der Waals surface area contributed by atoms with Crippen LogP contribution in [-0.2, 0) is 0 Å². The molecule has 342 valence electrons. The molecule has 0 aliphatic rings. The zero-order chi connectivity index (χ0) is 48.2. The molecule has 73 heavy (non-hydrogen) atoms. The predicted octanol–water partition coefficient (Wildman–Crippen LogP) is 20.1. The summed E-state index contributed by atoms with van der Waals surface area (Å²) in [7, 11) is 0. The van der Waals surface area contributed by atoms with E-state index in [2.05, 4.69) is 289 Å². The van der Waals surface area contributed by atoms with E-state index in [1.807, 2.05) is 0 Å².